The largest absolute Gasteiger partial charge is 0.481 e. The second-order valence-corrected chi connectivity index (χ2v) is 5.18. The van der Waals surface area contributed by atoms with Gasteiger partial charge in [0.15, 0.2) is 0 Å². The van der Waals surface area contributed by atoms with Crippen LogP contribution < -0.4 is 0 Å². The number of carbonyl (C=O) groups is 4. The number of hydrogen-bond donors (Lipinski definition) is 1. The van der Waals surface area contributed by atoms with Crippen LogP contribution >= 0.6 is 0 Å². The Bertz CT molecular complexity index is 478. The number of carboxylic acids is 1. The number of aliphatic carboxylic acids is 1. The summed E-state index contributed by atoms with van der Waals surface area (Å²) in [6.45, 7) is 1.66. The summed E-state index contributed by atoms with van der Waals surface area (Å²) in [6.07, 6.45) is 0.393. The third kappa shape index (κ3) is 2.33. The highest BCUT2D eigenvalue weighted by Crippen LogP contribution is 2.24. The van der Waals surface area contributed by atoms with Gasteiger partial charge in [-0.05, 0) is 13.3 Å². The summed E-state index contributed by atoms with van der Waals surface area (Å²) in [4.78, 5) is 50.0. The van der Waals surface area contributed by atoms with Gasteiger partial charge in [0.2, 0.25) is 5.91 Å². The molecule has 2 unspecified atom stereocenters. The lowest BCUT2D eigenvalue weighted by Gasteiger charge is -2.25. The number of likely N-dealkylation sites (tertiary alicyclic amines) is 1. The standard InChI is InChI=1S/C12H17N3O5/c1-7-8(11(18)19)3-4-14(7)10(17)6-15-9(16)5-13(2)12(15)20/h7-8H,3-6H2,1-2H3,(H,18,19). The molecular weight excluding hydrogens is 266 g/mol. The van der Waals surface area contributed by atoms with Gasteiger partial charge in [-0.15, -0.1) is 0 Å². The molecular formula is C12H17N3O5. The molecule has 1 N–H and O–H groups in total. The number of likely N-dealkylation sites (N-methyl/N-ethyl adjacent to an activating group) is 1. The molecule has 8 heteroatoms. The van der Waals surface area contributed by atoms with Gasteiger partial charge < -0.3 is 14.9 Å². The maximum absolute atomic E-state index is 12.1. The average molecular weight is 283 g/mol. The average Bonchev–Trinajstić information content (AvgIpc) is 2.85. The predicted octanol–water partition coefficient (Wildman–Crippen LogP) is -0.798. The van der Waals surface area contributed by atoms with Gasteiger partial charge in [0.05, 0.1) is 5.92 Å². The Kier molecular flexibility index (Phi) is 3.65. The molecule has 0 spiro atoms. The van der Waals surface area contributed by atoms with Crippen LogP contribution in [0.4, 0.5) is 4.79 Å². The third-order valence-electron chi connectivity index (χ3n) is 3.92. The van der Waals surface area contributed by atoms with Crippen molar-refractivity contribution in [2.24, 2.45) is 5.92 Å². The predicted molar refractivity (Wildman–Crippen MR) is 66.7 cm³/mol. The van der Waals surface area contributed by atoms with Gasteiger partial charge in [-0.2, -0.15) is 0 Å². The van der Waals surface area contributed by atoms with Gasteiger partial charge in [0.25, 0.3) is 5.91 Å². The number of carbonyl (C=O) groups excluding carboxylic acids is 3. The third-order valence-corrected chi connectivity index (χ3v) is 3.92. The molecule has 0 aromatic carbocycles. The van der Waals surface area contributed by atoms with Crippen molar-refractivity contribution in [2.45, 2.75) is 19.4 Å². The summed E-state index contributed by atoms with van der Waals surface area (Å²) in [7, 11) is 1.49. The molecule has 2 fully saturated rings. The molecule has 2 aliphatic heterocycles. The topological polar surface area (TPSA) is 98.2 Å². The summed E-state index contributed by atoms with van der Waals surface area (Å²) in [5.74, 6) is -2.32. The molecule has 4 amide bonds. The summed E-state index contributed by atoms with van der Waals surface area (Å²) < 4.78 is 0. The molecule has 2 heterocycles. The first-order valence-electron chi connectivity index (χ1n) is 6.40. The Labute approximate surface area is 115 Å². The number of urea groups is 1. The highest BCUT2D eigenvalue weighted by Gasteiger charge is 2.41. The van der Waals surface area contributed by atoms with E-state index in [0.717, 1.165) is 4.90 Å². The van der Waals surface area contributed by atoms with E-state index in [1.165, 1.54) is 16.8 Å². The molecule has 8 nitrogen and oxygen atoms in total. The summed E-state index contributed by atoms with van der Waals surface area (Å²) in [5, 5.41) is 9.02. The summed E-state index contributed by atoms with van der Waals surface area (Å²) >= 11 is 0. The quantitative estimate of drug-likeness (QED) is 0.684. The fourth-order valence-electron chi connectivity index (χ4n) is 2.67. The molecule has 2 rings (SSSR count). The van der Waals surface area contributed by atoms with Gasteiger partial charge in [0, 0.05) is 19.6 Å². The van der Waals surface area contributed by atoms with Crippen molar-refractivity contribution in [3.63, 3.8) is 0 Å². The first-order valence-corrected chi connectivity index (χ1v) is 6.40. The highest BCUT2D eigenvalue weighted by molar-refractivity contribution is 6.04. The van der Waals surface area contributed by atoms with Crippen LogP contribution in [0.15, 0.2) is 0 Å². The Morgan fingerprint density at radius 3 is 2.45 bits per heavy atom. The first-order chi connectivity index (χ1) is 9.32. The van der Waals surface area contributed by atoms with Crippen molar-refractivity contribution < 1.29 is 24.3 Å². The lowest BCUT2D eigenvalue weighted by atomic mass is 10.0. The Balaban J connectivity index is 2.01. The van der Waals surface area contributed by atoms with Gasteiger partial charge in [-0.25, -0.2) is 4.79 Å². The molecule has 2 saturated heterocycles. The maximum Gasteiger partial charge on any atom is 0.327 e. The van der Waals surface area contributed by atoms with Gasteiger partial charge in [-0.3, -0.25) is 19.3 Å². The lowest BCUT2D eigenvalue weighted by molar-refractivity contribution is -0.143. The van der Waals surface area contributed by atoms with E-state index in [0.29, 0.717) is 13.0 Å². The van der Waals surface area contributed by atoms with E-state index >= 15 is 0 Å². The van der Waals surface area contributed by atoms with E-state index in [-0.39, 0.29) is 13.1 Å². The Morgan fingerprint density at radius 1 is 1.35 bits per heavy atom. The zero-order valence-electron chi connectivity index (χ0n) is 11.4. The van der Waals surface area contributed by atoms with Crippen LogP contribution in [-0.2, 0) is 14.4 Å². The molecule has 0 aromatic heterocycles. The van der Waals surface area contributed by atoms with Crippen LogP contribution in [-0.4, -0.2) is 76.3 Å². The summed E-state index contributed by atoms with van der Waals surface area (Å²) in [6, 6.07) is -0.921. The monoisotopic (exact) mass is 283 g/mol. The Hall–Kier alpha value is -2.12. The number of nitrogens with zero attached hydrogens (tertiary/aromatic N) is 3. The SMILES string of the molecule is CC1C(C(=O)O)CCN1C(=O)CN1C(=O)CN(C)C1=O. The molecule has 0 bridgehead atoms. The van der Waals surface area contributed by atoms with Crippen LogP contribution in [0.2, 0.25) is 0 Å². The Morgan fingerprint density at radius 2 is 2.00 bits per heavy atom. The smallest absolute Gasteiger partial charge is 0.327 e. The van der Waals surface area contributed by atoms with Gasteiger partial charge in [-0.1, -0.05) is 0 Å². The first kappa shape index (κ1) is 14.3. The zero-order chi connectivity index (χ0) is 15.0. The van der Waals surface area contributed by atoms with E-state index < -0.39 is 35.8 Å². The molecule has 0 aromatic rings. The number of amides is 4. The fourth-order valence-corrected chi connectivity index (χ4v) is 2.67. The van der Waals surface area contributed by atoms with Crippen LogP contribution in [0, 0.1) is 5.92 Å². The number of carboxylic acid groups (broad SMARTS) is 1. The number of imide groups is 1. The van der Waals surface area contributed by atoms with Gasteiger partial charge >= 0.3 is 12.0 Å². The highest BCUT2D eigenvalue weighted by atomic mass is 16.4. The van der Waals surface area contributed by atoms with Crippen LogP contribution in [0.3, 0.4) is 0 Å². The molecule has 0 aliphatic carbocycles. The van der Waals surface area contributed by atoms with Crippen molar-refractivity contribution in [3.05, 3.63) is 0 Å². The minimum atomic E-state index is -0.930. The van der Waals surface area contributed by atoms with Crippen molar-refractivity contribution in [1.82, 2.24) is 14.7 Å². The fraction of sp³-hybridized carbons (Fsp3) is 0.667. The molecule has 0 radical (unpaired) electrons. The molecule has 2 atom stereocenters. The lowest BCUT2D eigenvalue weighted by Crippen LogP contribution is -2.45. The van der Waals surface area contributed by atoms with Crippen LogP contribution in [0.5, 0.6) is 0 Å². The van der Waals surface area contributed by atoms with Gasteiger partial charge in [0.1, 0.15) is 13.1 Å². The normalized spacial score (nSPS) is 26.6. The summed E-state index contributed by atoms with van der Waals surface area (Å²) in [5.41, 5.74) is 0. The molecule has 2 aliphatic rings. The second-order valence-electron chi connectivity index (χ2n) is 5.18. The maximum atomic E-state index is 12.1. The number of hydrogen-bond acceptors (Lipinski definition) is 4. The van der Waals surface area contributed by atoms with E-state index in [2.05, 4.69) is 0 Å². The van der Waals surface area contributed by atoms with Crippen molar-refractivity contribution in [2.75, 3.05) is 26.7 Å². The van der Waals surface area contributed by atoms with Crippen LogP contribution in [0.1, 0.15) is 13.3 Å². The van der Waals surface area contributed by atoms with E-state index in [1.807, 2.05) is 0 Å². The van der Waals surface area contributed by atoms with E-state index in [1.54, 1.807) is 6.92 Å². The van der Waals surface area contributed by atoms with E-state index in [9.17, 15) is 19.2 Å². The number of rotatable bonds is 3. The van der Waals surface area contributed by atoms with Crippen molar-refractivity contribution >= 4 is 23.8 Å². The second kappa shape index (κ2) is 5.10. The molecule has 0 saturated carbocycles. The van der Waals surface area contributed by atoms with Crippen molar-refractivity contribution in [3.8, 4) is 0 Å². The zero-order valence-corrected chi connectivity index (χ0v) is 11.4. The van der Waals surface area contributed by atoms with E-state index in [4.69, 9.17) is 5.11 Å². The minimum absolute atomic E-state index is 0.0284. The van der Waals surface area contributed by atoms with Crippen molar-refractivity contribution in [1.29, 1.82) is 0 Å². The molecule has 110 valence electrons. The minimum Gasteiger partial charge on any atom is -0.481 e. The molecule has 20 heavy (non-hydrogen) atoms. The van der Waals surface area contributed by atoms with Crippen LogP contribution in [0.25, 0.3) is 0 Å².